The fraction of sp³-hybridized carbons (Fsp3) is 0.280. The normalized spacial score (nSPS) is 13.4. The van der Waals surface area contributed by atoms with E-state index < -0.39 is 16.0 Å². The van der Waals surface area contributed by atoms with Gasteiger partial charge in [0.05, 0.1) is 24.9 Å². The van der Waals surface area contributed by atoms with E-state index in [4.69, 9.17) is 4.74 Å². The molecule has 0 unspecified atom stereocenters. The third-order valence-corrected chi connectivity index (χ3v) is 9.19. The average Bonchev–Trinajstić information content (AvgIpc) is 3.21. The molecule has 0 aliphatic carbocycles. The summed E-state index contributed by atoms with van der Waals surface area (Å²) in [6.45, 7) is 6.36. The predicted octanol–water partition coefficient (Wildman–Crippen LogP) is 4.46. The molecule has 2 heterocycles. The van der Waals surface area contributed by atoms with Crippen LogP contribution in [0.15, 0.2) is 46.7 Å². The number of rotatable bonds is 5. The van der Waals surface area contributed by atoms with Crippen molar-refractivity contribution in [3.63, 3.8) is 0 Å². The van der Waals surface area contributed by atoms with E-state index in [1.807, 2.05) is 32.0 Å². The molecule has 0 radical (unpaired) electrons. The van der Waals surface area contributed by atoms with Crippen molar-refractivity contribution in [3.8, 4) is 0 Å². The second-order valence-electron chi connectivity index (χ2n) is 8.35. The highest BCUT2D eigenvalue weighted by atomic mass is 32.2. The van der Waals surface area contributed by atoms with E-state index in [1.54, 1.807) is 36.1 Å². The number of sulfonamides is 1. The van der Waals surface area contributed by atoms with E-state index in [9.17, 15) is 18.0 Å². The molecule has 1 N–H and O–H groups in total. The van der Waals surface area contributed by atoms with Crippen LogP contribution in [0.5, 0.6) is 0 Å². The molecule has 2 aromatic carbocycles. The third kappa shape index (κ3) is 4.45. The number of para-hydroxylation sites is 1. The van der Waals surface area contributed by atoms with Crippen LogP contribution < -0.4 is 4.72 Å². The number of nitrogens with zero attached hydrogens (tertiary/aromatic N) is 1. The number of nitrogens with one attached hydrogen (secondary N) is 1. The molecule has 0 atom stereocenters. The first-order valence-corrected chi connectivity index (χ1v) is 13.1. The Labute approximate surface area is 203 Å². The van der Waals surface area contributed by atoms with Crippen molar-refractivity contribution >= 4 is 38.9 Å². The van der Waals surface area contributed by atoms with Crippen molar-refractivity contribution in [2.75, 3.05) is 18.4 Å². The van der Waals surface area contributed by atoms with Crippen molar-refractivity contribution in [1.29, 1.82) is 0 Å². The Morgan fingerprint density at radius 3 is 2.44 bits per heavy atom. The van der Waals surface area contributed by atoms with E-state index in [1.165, 1.54) is 7.11 Å². The van der Waals surface area contributed by atoms with Crippen molar-refractivity contribution in [2.24, 2.45) is 0 Å². The summed E-state index contributed by atoms with van der Waals surface area (Å²) in [4.78, 5) is 28.2. The van der Waals surface area contributed by atoms with Gasteiger partial charge in [0.2, 0.25) is 0 Å². The number of fused-ring (bicyclic) bond motifs is 1. The quantitative estimate of drug-likeness (QED) is 0.525. The maximum Gasteiger partial charge on any atom is 0.340 e. The Hall–Kier alpha value is -3.17. The summed E-state index contributed by atoms with van der Waals surface area (Å²) in [5.41, 5.74) is 4.62. The van der Waals surface area contributed by atoms with E-state index in [0.717, 1.165) is 28.0 Å². The van der Waals surface area contributed by atoms with Gasteiger partial charge in [-0.25, -0.2) is 13.2 Å². The van der Waals surface area contributed by atoms with Crippen LogP contribution in [0.3, 0.4) is 0 Å². The highest BCUT2D eigenvalue weighted by Gasteiger charge is 2.35. The van der Waals surface area contributed by atoms with Gasteiger partial charge in [-0.3, -0.25) is 9.52 Å². The smallest absolute Gasteiger partial charge is 0.340 e. The van der Waals surface area contributed by atoms with Crippen LogP contribution in [0, 0.1) is 20.8 Å². The van der Waals surface area contributed by atoms with Gasteiger partial charge < -0.3 is 9.64 Å². The minimum atomic E-state index is -4.05. The first kappa shape index (κ1) is 24.0. The number of benzene rings is 2. The second-order valence-corrected chi connectivity index (χ2v) is 11.3. The van der Waals surface area contributed by atoms with Gasteiger partial charge in [-0.05, 0) is 67.6 Å². The SMILES string of the molecule is COC(=O)c1c(S(=O)(=O)Nc2ccccc2C)sc2c1CCN(C(=O)c1ccc(C)c(C)c1)C2. The molecule has 0 saturated heterocycles. The molecule has 3 aromatic rings. The van der Waals surface area contributed by atoms with Crippen molar-refractivity contribution in [2.45, 2.75) is 37.9 Å². The third-order valence-electron chi connectivity index (χ3n) is 6.09. The van der Waals surface area contributed by atoms with Crippen molar-refractivity contribution in [3.05, 3.63) is 80.7 Å². The number of ether oxygens (including phenoxy) is 1. The average molecular weight is 499 g/mol. The Balaban J connectivity index is 1.70. The van der Waals surface area contributed by atoms with Crippen LogP contribution in [0.1, 0.15) is 47.8 Å². The van der Waals surface area contributed by atoms with Crippen LogP contribution in [-0.2, 0) is 27.7 Å². The molecular weight excluding hydrogens is 472 g/mol. The lowest BCUT2D eigenvalue weighted by molar-refractivity contribution is 0.0595. The maximum atomic E-state index is 13.3. The van der Waals surface area contributed by atoms with E-state index in [0.29, 0.717) is 34.7 Å². The summed E-state index contributed by atoms with van der Waals surface area (Å²) in [6, 6.07) is 12.6. The fourth-order valence-electron chi connectivity index (χ4n) is 3.99. The highest BCUT2D eigenvalue weighted by molar-refractivity contribution is 7.94. The van der Waals surface area contributed by atoms with E-state index in [-0.39, 0.29) is 22.2 Å². The molecule has 1 amide bonds. The maximum absolute atomic E-state index is 13.3. The zero-order valence-electron chi connectivity index (χ0n) is 19.5. The van der Waals surface area contributed by atoms with Crippen LogP contribution in [0.4, 0.5) is 5.69 Å². The number of thiophene rings is 1. The molecule has 34 heavy (non-hydrogen) atoms. The largest absolute Gasteiger partial charge is 0.465 e. The zero-order chi connectivity index (χ0) is 24.6. The number of amides is 1. The lowest BCUT2D eigenvalue weighted by Crippen LogP contribution is -2.35. The topological polar surface area (TPSA) is 92.8 Å². The molecule has 0 saturated carbocycles. The van der Waals surface area contributed by atoms with Gasteiger partial charge in [-0.2, -0.15) is 0 Å². The summed E-state index contributed by atoms with van der Waals surface area (Å²) >= 11 is 1.01. The first-order valence-electron chi connectivity index (χ1n) is 10.8. The lowest BCUT2D eigenvalue weighted by atomic mass is 10.0. The van der Waals surface area contributed by atoms with Gasteiger partial charge in [0.1, 0.15) is 0 Å². The molecule has 0 fully saturated rings. The molecule has 0 spiro atoms. The molecule has 1 aliphatic rings. The molecule has 1 aromatic heterocycles. The Kier molecular flexibility index (Phi) is 6.51. The van der Waals surface area contributed by atoms with Crippen LogP contribution in [-0.4, -0.2) is 38.8 Å². The number of hydrogen-bond donors (Lipinski definition) is 1. The molecule has 7 nitrogen and oxygen atoms in total. The summed E-state index contributed by atoms with van der Waals surface area (Å²) in [5.74, 6) is -0.819. The Bertz CT molecular complexity index is 1390. The van der Waals surface area contributed by atoms with Crippen LogP contribution in [0.2, 0.25) is 0 Å². The van der Waals surface area contributed by atoms with Crippen LogP contribution in [0.25, 0.3) is 0 Å². The number of carbonyl (C=O) groups is 2. The monoisotopic (exact) mass is 498 g/mol. The highest BCUT2D eigenvalue weighted by Crippen LogP contribution is 2.38. The fourth-order valence-corrected chi connectivity index (χ4v) is 7.02. The minimum Gasteiger partial charge on any atom is -0.465 e. The number of hydrogen-bond acceptors (Lipinski definition) is 6. The molecule has 4 rings (SSSR count). The molecule has 1 aliphatic heterocycles. The van der Waals surface area contributed by atoms with Crippen LogP contribution >= 0.6 is 11.3 Å². The second kappa shape index (κ2) is 9.23. The summed E-state index contributed by atoms with van der Waals surface area (Å²) in [6.07, 6.45) is 0.368. The van der Waals surface area contributed by atoms with Crippen molar-refractivity contribution < 1.29 is 22.7 Å². The minimum absolute atomic E-state index is 0.0573. The molecule has 0 bridgehead atoms. The lowest BCUT2D eigenvalue weighted by Gasteiger charge is -2.27. The molecular formula is C25H26N2O5S2. The Morgan fingerprint density at radius 2 is 1.76 bits per heavy atom. The summed E-state index contributed by atoms with van der Waals surface area (Å²) < 4.78 is 34.1. The summed E-state index contributed by atoms with van der Waals surface area (Å²) in [5, 5.41) is 0. The predicted molar refractivity (Wildman–Crippen MR) is 132 cm³/mol. The molecule has 9 heteroatoms. The number of anilines is 1. The number of aryl methyl sites for hydroxylation is 3. The Morgan fingerprint density at radius 1 is 1.03 bits per heavy atom. The number of methoxy groups -OCH3 is 1. The van der Waals surface area contributed by atoms with Gasteiger partial charge in [0, 0.05) is 17.0 Å². The van der Waals surface area contributed by atoms with E-state index in [2.05, 4.69) is 4.72 Å². The number of carbonyl (C=O) groups excluding carboxylic acids is 2. The van der Waals surface area contributed by atoms with E-state index >= 15 is 0 Å². The zero-order valence-corrected chi connectivity index (χ0v) is 21.1. The van der Waals surface area contributed by atoms with Crippen molar-refractivity contribution in [1.82, 2.24) is 4.90 Å². The number of esters is 1. The standard InChI is InChI=1S/C25H26N2O5S2/c1-15-9-10-18(13-17(15)3)23(28)27-12-11-19-21(14-27)33-25(22(19)24(29)32-4)34(30,31)26-20-8-6-5-7-16(20)2/h5-10,13,26H,11-12,14H2,1-4H3. The molecule has 178 valence electrons. The summed E-state index contributed by atoms with van der Waals surface area (Å²) in [7, 11) is -2.82. The van der Waals surface area contributed by atoms with Gasteiger partial charge in [0.15, 0.2) is 4.21 Å². The van der Waals surface area contributed by atoms with Gasteiger partial charge in [-0.1, -0.05) is 24.3 Å². The first-order chi connectivity index (χ1) is 16.1. The van der Waals surface area contributed by atoms with Gasteiger partial charge >= 0.3 is 5.97 Å². The van der Waals surface area contributed by atoms with Gasteiger partial charge in [-0.15, -0.1) is 11.3 Å². The van der Waals surface area contributed by atoms with Gasteiger partial charge in [0.25, 0.3) is 15.9 Å².